The monoisotopic (exact) mass is 660 g/mol. The Morgan fingerprint density at radius 1 is 0.346 bits per heavy atom. The third-order valence-corrected chi connectivity index (χ3v) is 11.0. The first-order valence-corrected chi connectivity index (χ1v) is 17.8. The Hall–Kier alpha value is -7.04. The summed E-state index contributed by atoms with van der Waals surface area (Å²) < 4.78 is 4.73. The highest BCUT2D eigenvalue weighted by Gasteiger charge is 2.25. The van der Waals surface area contributed by atoms with E-state index in [2.05, 4.69) is 179 Å². The molecule has 12 aromatic rings. The van der Waals surface area contributed by atoms with Crippen molar-refractivity contribution in [2.75, 3.05) is 0 Å². The van der Waals surface area contributed by atoms with Crippen LogP contribution in [0.25, 0.3) is 110 Å². The second kappa shape index (κ2) is 10.3. The zero-order chi connectivity index (χ0) is 33.9. The van der Waals surface area contributed by atoms with Gasteiger partial charge in [0.2, 0.25) is 5.95 Å². The Morgan fingerprint density at radius 2 is 0.865 bits per heavy atom. The SMILES string of the molecule is c1ccc(-c2nc(-n3c4cccc5c6cc7ccccc7cc6c6cccc7c6c6c(c54)c3ccc6n7-c3ccccc3)nc3ccccc23)cc1. The van der Waals surface area contributed by atoms with E-state index in [0.717, 1.165) is 38.9 Å². The molecule has 0 saturated heterocycles. The predicted octanol–water partition coefficient (Wildman–Crippen LogP) is 12.4. The molecule has 0 saturated carbocycles. The summed E-state index contributed by atoms with van der Waals surface area (Å²) in [6.45, 7) is 0. The van der Waals surface area contributed by atoms with Gasteiger partial charge >= 0.3 is 0 Å². The van der Waals surface area contributed by atoms with Crippen molar-refractivity contribution in [1.82, 2.24) is 19.1 Å². The van der Waals surface area contributed by atoms with E-state index in [0.29, 0.717) is 5.95 Å². The Bertz CT molecular complexity index is 3390. The summed E-state index contributed by atoms with van der Waals surface area (Å²) in [6.07, 6.45) is 0. The largest absolute Gasteiger partial charge is 0.309 e. The fourth-order valence-electron chi connectivity index (χ4n) is 8.88. The lowest BCUT2D eigenvalue weighted by Crippen LogP contribution is -2.03. The molecule has 0 spiro atoms. The lowest BCUT2D eigenvalue weighted by molar-refractivity contribution is 1.01. The number of aromatic nitrogens is 4. The highest BCUT2D eigenvalue weighted by atomic mass is 15.2. The van der Waals surface area contributed by atoms with E-state index in [4.69, 9.17) is 9.97 Å². The van der Waals surface area contributed by atoms with Crippen LogP contribution in [-0.4, -0.2) is 19.1 Å². The standard InChI is InChI=1S/C48H28N4/c1-3-13-29(14-4-1)47-35-19-9-10-22-38(35)49-48(50-47)52-40-24-12-21-34-37-28-31-16-8-7-15-30(31)27-36(37)33-20-11-23-39-43(33)45-41(25-26-42(52)46(45)44(34)40)51(39)32-17-5-2-6-18-32/h1-28H. The number of benzene rings is 8. The van der Waals surface area contributed by atoms with Crippen molar-refractivity contribution >= 4 is 86.8 Å². The molecular formula is C48H28N4. The van der Waals surface area contributed by atoms with E-state index in [1.165, 1.54) is 64.9 Å². The van der Waals surface area contributed by atoms with E-state index >= 15 is 0 Å². The predicted molar refractivity (Wildman–Crippen MR) is 217 cm³/mol. The lowest BCUT2D eigenvalue weighted by Gasteiger charge is -2.12. The van der Waals surface area contributed by atoms with Crippen molar-refractivity contribution in [2.24, 2.45) is 0 Å². The number of nitrogens with zero attached hydrogens (tertiary/aromatic N) is 4. The summed E-state index contributed by atoms with van der Waals surface area (Å²) >= 11 is 0. The zero-order valence-corrected chi connectivity index (χ0v) is 28.0. The van der Waals surface area contributed by atoms with Crippen molar-refractivity contribution in [3.63, 3.8) is 0 Å². The van der Waals surface area contributed by atoms with Gasteiger partial charge in [-0.15, -0.1) is 0 Å². The zero-order valence-electron chi connectivity index (χ0n) is 28.0. The molecule has 3 aromatic heterocycles. The molecule has 0 fully saturated rings. The summed E-state index contributed by atoms with van der Waals surface area (Å²) in [5, 5.41) is 13.4. The van der Waals surface area contributed by atoms with Gasteiger partial charge in [0.1, 0.15) is 0 Å². The molecule has 4 heteroatoms. The maximum absolute atomic E-state index is 5.41. The summed E-state index contributed by atoms with van der Waals surface area (Å²) in [5.41, 5.74) is 8.62. The Balaban J connectivity index is 1.35. The van der Waals surface area contributed by atoms with E-state index in [9.17, 15) is 0 Å². The van der Waals surface area contributed by atoms with Crippen molar-refractivity contribution in [3.05, 3.63) is 170 Å². The molecule has 240 valence electrons. The Labute approximate surface area is 297 Å². The van der Waals surface area contributed by atoms with Crippen molar-refractivity contribution in [2.45, 2.75) is 0 Å². The van der Waals surface area contributed by atoms with Crippen LogP contribution in [0.2, 0.25) is 0 Å². The van der Waals surface area contributed by atoms with Gasteiger partial charge in [-0.05, 0) is 86.9 Å². The minimum absolute atomic E-state index is 0.666. The molecule has 12 rings (SSSR count). The van der Waals surface area contributed by atoms with Crippen molar-refractivity contribution in [1.29, 1.82) is 0 Å². The minimum Gasteiger partial charge on any atom is -0.309 e. The second-order valence-corrected chi connectivity index (χ2v) is 13.8. The highest BCUT2D eigenvalue weighted by molar-refractivity contribution is 6.39. The van der Waals surface area contributed by atoms with Crippen LogP contribution in [0.4, 0.5) is 0 Å². The molecule has 0 N–H and O–H groups in total. The molecule has 4 nitrogen and oxygen atoms in total. The highest BCUT2D eigenvalue weighted by Crippen LogP contribution is 2.48. The van der Waals surface area contributed by atoms with Crippen LogP contribution >= 0.6 is 0 Å². The molecule has 9 aromatic carbocycles. The van der Waals surface area contributed by atoms with Gasteiger partial charge in [0.05, 0.1) is 33.3 Å². The van der Waals surface area contributed by atoms with E-state index < -0.39 is 0 Å². The Kier molecular flexibility index (Phi) is 5.47. The molecule has 52 heavy (non-hydrogen) atoms. The molecule has 0 aliphatic rings. The van der Waals surface area contributed by atoms with E-state index in [-0.39, 0.29) is 0 Å². The third kappa shape index (κ3) is 3.65. The first kappa shape index (κ1) is 27.7. The number of para-hydroxylation sites is 2. The van der Waals surface area contributed by atoms with Gasteiger partial charge in [-0.3, -0.25) is 4.57 Å². The summed E-state index contributed by atoms with van der Waals surface area (Å²) in [4.78, 5) is 10.7. The molecule has 0 aliphatic heterocycles. The molecule has 0 unspecified atom stereocenters. The van der Waals surface area contributed by atoms with Gasteiger partial charge in [-0.1, -0.05) is 115 Å². The van der Waals surface area contributed by atoms with Gasteiger partial charge in [0, 0.05) is 38.2 Å². The minimum atomic E-state index is 0.666. The van der Waals surface area contributed by atoms with Crippen LogP contribution in [0, 0.1) is 0 Å². The average Bonchev–Trinajstić information content (AvgIpc) is 3.73. The number of rotatable bonds is 3. The van der Waals surface area contributed by atoms with Gasteiger partial charge in [0.25, 0.3) is 0 Å². The molecule has 0 aliphatic carbocycles. The molecule has 3 heterocycles. The van der Waals surface area contributed by atoms with Crippen LogP contribution in [0.3, 0.4) is 0 Å². The van der Waals surface area contributed by atoms with E-state index in [1.807, 2.05) is 0 Å². The van der Waals surface area contributed by atoms with Gasteiger partial charge in [0.15, 0.2) is 0 Å². The first-order valence-electron chi connectivity index (χ1n) is 17.8. The molecule has 0 amide bonds. The van der Waals surface area contributed by atoms with Gasteiger partial charge < -0.3 is 4.57 Å². The number of fused-ring (bicyclic) bond motifs is 5. The van der Waals surface area contributed by atoms with Gasteiger partial charge in [-0.25, -0.2) is 9.97 Å². The first-order chi connectivity index (χ1) is 25.8. The lowest BCUT2D eigenvalue weighted by atomic mass is 9.93. The van der Waals surface area contributed by atoms with Gasteiger partial charge in [-0.2, -0.15) is 0 Å². The quantitative estimate of drug-likeness (QED) is 0.189. The molecular weight excluding hydrogens is 633 g/mol. The second-order valence-electron chi connectivity index (χ2n) is 13.8. The molecule has 0 radical (unpaired) electrons. The third-order valence-electron chi connectivity index (χ3n) is 11.0. The molecule has 0 atom stereocenters. The number of hydrogen-bond donors (Lipinski definition) is 0. The Morgan fingerprint density at radius 3 is 1.54 bits per heavy atom. The summed E-state index contributed by atoms with van der Waals surface area (Å²) in [5.74, 6) is 0.666. The van der Waals surface area contributed by atoms with E-state index in [1.54, 1.807) is 0 Å². The maximum atomic E-state index is 5.41. The molecule has 0 bridgehead atoms. The van der Waals surface area contributed by atoms with Crippen LogP contribution < -0.4 is 0 Å². The van der Waals surface area contributed by atoms with Crippen LogP contribution in [0.1, 0.15) is 0 Å². The van der Waals surface area contributed by atoms with Crippen molar-refractivity contribution < 1.29 is 0 Å². The normalized spacial score (nSPS) is 12.2. The summed E-state index contributed by atoms with van der Waals surface area (Å²) in [7, 11) is 0. The maximum Gasteiger partial charge on any atom is 0.235 e. The average molecular weight is 661 g/mol. The van der Waals surface area contributed by atoms with Crippen molar-refractivity contribution in [3.8, 4) is 22.9 Å². The number of hydrogen-bond acceptors (Lipinski definition) is 2. The van der Waals surface area contributed by atoms with Crippen LogP contribution in [0.15, 0.2) is 170 Å². The summed E-state index contributed by atoms with van der Waals surface area (Å²) in [6, 6.07) is 61.2. The topological polar surface area (TPSA) is 35.6 Å². The van der Waals surface area contributed by atoms with Crippen LogP contribution in [-0.2, 0) is 0 Å². The fraction of sp³-hybridized carbons (Fsp3) is 0. The smallest absolute Gasteiger partial charge is 0.235 e. The van der Waals surface area contributed by atoms with Crippen LogP contribution in [0.5, 0.6) is 0 Å². The fourth-order valence-corrected chi connectivity index (χ4v) is 8.88.